The van der Waals surface area contributed by atoms with Gasteiger partial charge in [0.1, 0.15) is 12.3 Å². The van der Waals surface area contributed by atoms with Gasteiger partial charge in [-0.2, -0.15) is 0 Å². The van der Waals surface area contributed by atoms with E-state index in [2.05, 4.69) is 6.92 Å². The van der Waals surface area contributed by atoms with Crippen LogP contribution in [0.5, 0.6) is 5.75 Å². The quantitative estimate of drug-likeness (QED) is 0.870. The zero-order valence-electron chi connectivity index (χ0n) is 14.2. The number of anilines is 1. The molecule has 2 N–H and O–H groups in total. The van der Waals surface area contributed by atoms with Crippen LogP contribution < -0.4 is 20.8 Å². The average molecular weight is 331 g/mol. The van der Waals surface area contributed by atoms with Crippen molar-refractivity contribution in [1.29, 1.82) is 0 Å². The fraction of sp³-hybridized carbons (Fsp3) is 0.500. The summed E-state index contributed by atoms with van der Waals surface area (Å²) in [6, 6.07) is 1.46. The summed E-state index contributed by atoms with van der Waals surface area (Å²) in [6.07, 6.45) is 1.85. The Kier molecular flexibility index (Phi) is 3.35. The van der Waals surface area contributed by atoms with Crippen LogP contribution in [-0.2, 0) is 0 Å². The van der Waals surface area contributed by atoms with Crippen LogP contribution in [-0.4, -0.2) is 30.3 Å². The van der Waals surface area contributed by atoms with Crippen molar-refractivity contribution in [3.05, 3.63) is 33.9 Å². The molecule has 2 aliphatic rings. The van der Waals surface area contributed by atoms with Gasteiger partial charge in [-0.3, -0.25) is 4.79 Å². The van der Waals surface area contributed by atoms with Crippen LogP contribution in [0.1, 0.15) is 25.5 Å². The van der Waals surface area contributed by atoms with Crippen molar-refractivity contribution in [2.45, 2.75) is 32.9 Å². The Hall–Kier alpha value is -2.08. The lowest BCUT2D eigenvalue weighted by Gasteiger charge is -2.31. The number of nitrogens with zero attached hydrogens (tertiary/aromatic N) is 2. The zero-order chi connectivity index (χ0) is 17.2. The van der Waals surface area contributed by atoms with Gasteiger partial charge in [0.15, 0.2) is 17.0 Å². The third-order valence-corrected chi connectivity index (χ3v) is 5.31. The fourth-order valence-corrected chi connectivity index (χ4v) is 3.82. The summed E-state index contributed by atoms with van der Waals surface area (Å²) in [4.78, 5) is 14.4. The van der Waals surface area contributed by atoms with Crippen molar-refractivity contribution in [3.63, 3.8) is 0 Å². The Bertz CT molecular complexity index is 882. The number of nitrogens with two attached hydrogens (primary N) is 1. The minimum Gasteiger partial charge on any atom is -0.487 e. The number of hydrogen-bond donors (Lipinski definition) is 1. The summed E-state index contributed by atoms with van der Waals surface area (Å²) < 4.78 is 22.9. The molecule has 4 rings (SSSR count). The van der Waals surface area contributed by atoms with E-state index in [-0.39, 0.29) is 23.4 Å². The topological polar surface area (TPSA) is 60.5 Å². The standard InChI is InChI=1S/C18H22FN3O2/c1-9-5-21(7-14(9)20)16-13(19)4-12-15-18(16)24-8-11(3)22(15)6-10(2)17(12)23/h4,6,9,11,14H,5,7-8,20H2,1-3H3/t9?,11-,14?/m0/s1. The number of aryl methyl sites for hydroxylation is 1. The lowest BCUT2D eigenvalue weighted by atomic mass is 10.1. The van der Waals surface area contributed by atoms with Gasteiger partial charge in [0.2, 0.25) is 0 Å². The highest BCUT2D eigenvalue weighted by Crippen LogP contribution is 2.43. The lowest BCUT2D eigenvalue weighted by molar-refractivity contribution is 0.246. The molecule has 128 valence electrons. The third-order valence-electron chi connectivity index (χ3n) is 5.31. The van der Waals surface area contributed by atoms with Crippen LogP contribution >= 0.6 is 0 Å². The monoisotopic (exact) mass is 331 g/mol. The van der Waals surface area contributed by atoms with E-state index in [0.717, 1.165) is 0 Å². The minimum absolute atomic E-state index is 0.00928. The molecule has 3 heterocycles. The summed E-state index contributed by atoms with van der Waals surface area (Å²) in [7, 11) is 0. The van der Waals surface area contributed by atoms with Gasteiger partial charge in [0.05, 0.1) is 16.9 Å². The number of ether oxygens (including phenoxy) is 1. The van der Waals surface area contributed by atoms with Crippen molar-refractivity contribution >= 4 is 16.6 Å². The van der Waals surface area contributed by atoms with Crippen molar-refractivity contribution < 1.29 is 9.13 Å². The number of hydrogen-bond acceptors (Lipinski definition) is 4. The summed E-state index contributed by atoms with van der Waals surface area (Å²) in [6.45, 7) is 7.59. The van der Waals surface area contributed by atoms with E-state index >= 15 is 0 Å². The van der Waals surface area contributed by atoms with E-state index in [1.165, 1.54) is 6.07 Å². The molecule has 1 aromatic heterocycles. The molecular weight excluding hydrogens is 309 g/mol. The molecule has 1 saturated heterocycles. The minimum atomic E-state index is -0.414. The molecule has 2 aliphatic heterocycles. The first-order chi connectivity index (χ1) is 11.4. The van der Waals surface area contributed by atoms with Gasteiger partial charge in [-0.1, -0.05) is 6.92 Å². The number of rotatable bonds is 1. The number of halogens is 1. The van der Waals surface area contributed by atoms with Gasteiger partial charge in [0, 0.05) is 30.9 Å². The maximum absolute atomic E-state index is 14.9. The fourth-order valence-electron chi connectivity index (χ4n) is 3.82. The molecule has 1 fully saturated rings. The molecule has 24 heavy (non-hydrogen) atoms. The molecule has 2 unspecified atom stereocenters. The van der Waals surface area contributed by atoms with E-state index in [4.69, 9.17) is 10.5 Å². The molecule has 5 nitrogen and oxygen atoms in total. The average Bonchev–Trinajstić information content (AvgIpc) is 2.86. The van der Waals surface area contributed by atoms with Crippen molar-refractivity contribution in [1.82, 2.24) is 4.57 Å². The number of aromatic nitrogens is 1. The Balaban J connectivity index is 2.03. The highest BCUT2D eigenvalue weighted by atomic mass is 19.1. The Morgan fingerprint density at radius 2 is 2.08 bits per heavy atom. The summed E-state index contributed by atoms with van der Waals surface area (Å²) in [5.41, 5.74) is 7.71. The smallest absolute Gasteiger partial charge is 0.192 e. The molecule has 0 amide bonds. The second-order valence-electron chi connectivity index (χ2n) is 7.19. The molecule has 0 aliphatic carbocycles. The lowest BCUT2D eigenvalue weighted by Crippen LogP contribution is -2.30. The predicted octanol–water partition coefficient (Wildman–Crippen LogP) is 2.19. The summed E-state index contributed by atoms with van der Waals surface area (Å²) in [5.74, 6) is 0.346. The molecular formula is C18H22FN3O2. The first-order valence-corrected chi connectivity index (χ1v) is 8.39. The van der Waals surface area contributed by atoms with Crippen LogP contribution in [0.3, 0.4) is 0 Å². The van der Waals surface area contributed by atoms with Crippen LogP contribution in [0.15, 0.2) is 17.1 Å². The first kappa shape index (κ1) is 15.4. The zero-order valence-corrected chi connectivity index (χ0v) is 14.2. The highest BCUT2D eigenvalue weighted by Gasteiger charge is 2.33. The van der Waals surface area contributed by atoms with Crippen LogP contribution in [0, 0.1) is 18.7 Å². The second-order valence-corrected chi connectivity index (χ2v) is 7.19. The SMILES string of the molecule is Cc1cn2c3c(c(N4CC(C)C(N)C4)c(F)cc3c1=O)OC[C@@H]2C. The van der Waals surface area contributed by atoms with Crippen molar-refractivity contribution in [2.24, 2.45) is 11.7 Å². The van der Waals surface area contributed by atoms with E-state index in [0.29, 0.717) is 47.6 Å². The molecule has 0 radical (unpaired) electrons. The summed E-state index contributed by atoms with van der Waals surface area (Å²) >= 11 is 0. The summed E-state index contributed by atoms with van der Waals surface area (Å²) in [5, 5.41) is 0.384. The van der Waals surface area contributed by atoms with E-state index < -0.39 is 5.82 Å². The Morgan fingerprint density at radius 3 is 2.75 bits per heavy atom. The van der Waals surface area contributed by atoms with Gasteiger partial charge in [-0.05, 0) is 25.8 Å². The normalized spacial score (nSPS) is 26.0. The third kappa shape index (κ3) is 2.05. The molecule has 0 bridgehead atoms. The Labute approximate surface area is 139 Å². The van der Waals surface area contributed by atoms with E-state index in [9.17, 15) is 9.18 Å². The van der Waals surface area contributed by atoms with Gasteiger partial charge >= 0.3 is 0 Å². The maximum atomic E-state index is 14.9. The molecule has 6 heteroatoms. The maximum Gasteiger partial charge on any atom is 0.192 e. The predicted molar refractivity (Wildman–Crippen MR) is 92.5 cm³/mol. The van der Waals surface area contributed by atoms with Crippen molar-refractivity contribution in [3.8, 4) is 5.75 Å². The van der Waals surface area contributed by atoms with Crippen LogP contribution in [0.25, 0.3) is 10.9 Å². The van der Waals surface area contributed by atoms with Crippen LogP contribution in [0.2, 0.25) is 0 Å². The largest absolute Gasteiger partial charge is 0.487 e. The van der Waals surface area contributed by atoms with Crippen LogP contribution in [0.4, 0.5) is 10.1 Å². The number of benzene rings is 1. The first-order valence-electron chi connectivity index (χ1n) is 8.39. The van der Waals surface area contributed by atoms with Gasteiger partial charge in [-0.15, -0.1) is 0 Å². The molecule has 3 atom stereocenters. The molecule has 2 aromatic rings. The van der Waals surface area contributed by atoms with Gasteiger partial charge < -0.3 is 19.9 Å². The van der Waals surface area contributed by atoms with Gasteiger partial charge in [-0.25, -0.2) is 4.39 Å². The molecule has 0 spiro atoms. The highest BCUT2D eigenvalue weighted by molar-refractivity contribution is 5.92. The van der Waals surface area contributed by atoms with Gasteiger partial charge in [0.25, 0.3) is 0 Å². The second kappa shape index (κ2) is 5.21. The Morgan fingerprint density at radius 1 is 1.33 bits per heavy atom. The molecule has 1 aromatic carbocycles. The van der Waals surface area contributed by atoms with E-state index in [1.807, 2.05) is 22.6 Å². The van der Waals surface area contributed by atoms with Crippen molar-refractivity contribution in [2.75, 3.05) is 24.6 Å². The van der Waals surface area contributed by atoms with E-state index in [1.54, 1.807) is 6.92 Å². The number of pyridine rings is 1. The molecule has 0 saturated carbocycles.